The Labute approximate surface area is 294 Å². The van der Waals surface area contributed by atoms with Gasteiger partial charge >= 0.3 is 18.2 Å². The van der Waals surface area contributed by atoms with E-state index in [9.17, 15) is 42.6 Å². The summed E-state index contributed by atoms with van der Waals surface area (Å²) in [5.41, 5.74) is 0.692. The third kappa shape index (κ3) is 10.7. The second kappa shape index (κ2) is 15.9. The summed E-state index contributed by atoms with van der Waals surface area (Å²) in [7, 11) is 0. The number of Topliss-reactive ketones (excluding diaryl/α,β-unsaturated/α-hetero) is 1. The number of ether oxygens (including phenoxy) is 1. The van der Waals surface area contributed by atoms with E-state index in [0.717, 1.165) is 5.56 Å². The molecule has 2 amide bonds. The summed E-state index contributed by atoms with van der Waals surface area (Å²) in [5, 5.41) is 30.8. The minimum atomic E-state index is -4.64. The predicted molar refractivity (Wildman–Crippen MR) is 177 cm³/mol. The molecular weight excluding hydrogens is 699 g/mol. The Balaban J connectivity index is 1.21. The lowest BCUT2D eigenvalue weighted by molar-refractivity contribution is -0.154. The second-order valence-electron chi connectivity index (χ2n) is 12.4. The van der Waals surface area contributed by atoms with E-state index in [2.05, 4.69) is 36.2 Å². The molecule has 3 atom stereocenters. The third-order valence-electron chi connectivity index (χ3n) is 8.38. The van der Waals surface area contributed by atoms with Gasteiger partial charge in [-0.05, 0) is 86.9 Å². The number of anilines is 3. The van der Waals surface area contributed by atoms with E-state index in [1.54, 1.807) is 12.1 Å². The fraction of sp³-hybridized carbons (Fsp3) is 0.424. The molecule has 2 fully saturated rings. The molecule has 0 radical (unpaired) electrons. The number of benzene rings is 2. The largest absolute Gasteiger partial charge is 0.480 e. The molecule has 5 rings (SSSR count). The number of aliphatic carboxylic acids is 1. The van der Waals surface area contributed by atoms with Gasteiger partial charge in [-0.3, -0.25) is 14.4 Å². The first-order chi connectivity index (χ1) is 24.2. The SMILES string of the molecule is O=C(CC[C@H](NC(=O)c1ccc(Nc2nc(NC3(c4ccc(Cl)cc4)CC3)nc(OCC(F)(F)F)n2)cc1)C(=O)O)C(=O)NC1CCCC(O)C1. The van der Waals surface area contributed by atoms with Crippen molar-refractivity contribution in [2.24, 2.45) is 0 Å². The highest BCUT2D eigenvalue weighted by molar-refractivity contribution is 6.36. The molecule has 272 valence electrons. The van der Waals surface area contributed by atoms with Crippen molar-refractivity contribution >= 4 is 52.8 Å². The van der Waals surface area contributed by atoms with Crippen LogP contribution in [0.25, 0.3) is 0 Å². The highest BCUT2D eigenvalue weighted by Crippen LogP contribution is 2.48. The Morgan fingerprint density at radius 2 is 1.67 bits per heavy atom. The highest BCUT2D eigenvalue weighted by atomic mass is 35.5. The summed E-state index contributed by atoms with van der Waals surface area (Å²) in [6.07, 6.45) is -2.30. The van der Waals surface area contributed by atoms with Crippen molar-refractivity contribution in [1.82, 2.24) is 25.6 Å². The van der Waals surface area contributed by atoms with Gasteiger partial charge in [0, 0.05) is 28.7 Å². The number of amides is 2. The average Bonchev–Trinajstić information content (AvgIpc) is 3.85. The number of alkyl halides is 3. The van der Waals surface area contributed by atoms with Crippen LogP contribution in [0.5, 0.6) is 6.01 Å². The minimum Gasteiger partial charge on any atom is -0.480 e. The molecule has 51 heavy (non-hydrogen) atoms. The molecule has 0 aliphatic heterocycles. The number of hydrogen-bond donors (Lipinski definition) is 6. The maximum Gasteiger partial charge on any atom is 0.422 e. The number of carbonyl (C=O) groups is 4. The number of carboxylic acid groups (broad SMARTS) is 1. The Kier molecular flexibility index (Phi) is 11.6. The molecule has 2 saturated carbocycles. The van der Waals surface area contributed by atoms with Crippen LogP contribution in [0.15, 0.2) is 48.5 Å². The highest BCUT2D eigenvalue weighted by Gasteiger charge is 2.45. The van der Waals surface area contributed by atoms with Gasteiger partial charge in [0.15, 0.2) is 6.61 Å². The van der Waals surface area contributed by atoms with Gasteiger partial charge in [0.1, 0.15) is 6.04 Å². The second-order valence-corrected chi connectivity index (χ2v) is 12.8. The lowest BCUT2D eigenvalue weighted by Crippen LogP contribution is -2.44. The molecule has 2 aliphatic carbocycles. The smallest absolute Gasteiger partial charge is 0.422 e. The van der Waals surface area contributed by atoms with Gasteiger partial charge in [0.05, 0.1) is 11.6 Å². The number of nitrogens with zero attached hydrogens (tertiary/aromatic N) is 3. The fourth-order valence-corrected chi connectivity index (χ4v) is 5.68. The van der Waals surface area contributed by atoms with Crippen molar-refractivity contribution in [3.8, 4) is 6.01 Å². The summed E-state index contributed by atoms with van der Waals surface area (Å²) in [5.74, 6) is -4.09. The lowest BCUT2D eigenvalue weighted by atomic mass is 9.93. The van der Waals surface area contributed by atoms with Crippen LogP contribution >= 0.6 is 11.6 Å². The maximum atomic E-state index is 12.9. The molecule has 3 aromatic rings. The summed E-state index contributed by atoms with van der Waals surface area (Å²) in [6.45, 7) is -1.63. The molecular formula is C33H35ClF3N7O7. The van der Waals surface area contributed by atoms with Gasteiger partial charge in [0.25, 0.3) is 11.8 Å². The van der Waals surface area contributed by atoms with Crippen molar-refractivity contribution < 1.29 is 47.3 Å². The molecule has 6 N–H and O–H groups in total. The lowest BCUT2D eigenvalue weighted by Gasteiger charge is -2.26. The number of aliphatic hydroxyl groups is 1. The first-order valence-corrected chi connectivity index (χ1v) is 16.5. The van der Waals surface area contributed by atoms with E-state index >= 15 is 0 Å². The van der Waals surface area contributed by atoms with Crippen LogP contribution in [0, 0.1) is 0 Å². The van der Waals surface area contributed by atoms with E-state index in [0.29, 0.717) is 49.2 Å². The van der Waals surface area contributed by atoms with Crippen molar-refractivity contribution in [2.45, 2.75) is 81.3 Å². The zero-order valence-corrected chi connectivity index (χ0v) is 27.8. The Morgan fingerprint density at radius 1 is 0.980 bits per heavy atom. The van der Waals surface area contributed by atoms with E-state index in [1.807, 2.05) is 12.1 Å². The van der Waals surface area contributed by atoms with Crippen LogP contribution in [0.2, 0.25) is 5.02 Å². The Hall–Kier alpha value is -5.03. The molecule has 1 aromatic heterocycles. The van der Waals surface area contributed by atoms with E-state index in [1.165, 1.54) is 24.3 Å². The molecule has 2 aromatic carbocycles. The number of halogens is 4. The van der Waals surface area contributed by atoms with Crippen molar-refractivity contribution in [1.29, 1.82) is 0 Å². The summed E-state index contributed by atoms with van der Waals surface area (Å²) in [4.78, 5) is 61.6. The maximum absolute atomic E-state index is 12.9. The van der Waals surface area contributed by atoms with Crippen molar-refractivity contribution in [3.05, 3.63) is 64.7 Å². The topological polar surface area (TPSA) is 205 Å². The predicted octanol–water partition coefficient (Wildman–Crippen LogP) is 4.26. The number of ketones is 1. The first-order valence-electron chi connectivity index (χ1n) is 16.1. The number of aliphatic hydroxyl groups excluding tert-OH is 1. The van der Waals surface area contributed by atoms with Crippen molar-refractivity contribution in [2.75, 3.05) is 17.2 Å². The van der Waals surface area contributed by atoms with Crippen LogP contribution in [0.4, 0.5) is 30.8 Å². The molecule has 2 aliphatic rings. The first kappa shape index (κ1) is 37.2. The molecule has 18 heteroatoms. The van der Waals surface area contributed by atoms with Gasteiger partial charge in [-0.2, -0.15) is 28.1 Å². The molecule has 2 unspecified atom stereocenters. The standard InChI is InChI=1S/C33H35ClF3N7O7/c34-20-8-6-19(7-9-20)32(14-15-32)44-30-41-29(42-31(43-30)51-17-33(35,36)37)39-21-10-4-18(5-11-21)26(47)40-24(28(49)50)12-13-25(46)27(48)38-22-2-1-3-23(45)16-22/h4-11,22-24,45H,1-3,12-17H2,(H,38,48)(H,40,47)(H,49,50)(H2,39,41,42,43,44)/t22?,23?,24-/m0/s1. The monoisotopic (exact) mass is 733 g/mol. The third-order valence-corrected chi connectivity index (χ3v) is 8.63. The van der Waals surface area contributed by atoms with Gasteiger partial charge in [-0.1, -0.05) is 23.7 Å². The van der Waals surface area contributed by atoms with E-state index in [4.69, 9.17) is 16.3 Å². The van der Waals surface area contributed by atoms with Crippen LogP contribution in [-0.2, 0) is 19.9 Å². The van der Waals surface area contributed by atoms with E-state index < -0.39 is 66.5 Å². The number of nitrogens with one attached hydrogen (secondary N) is 4. The summed E-state index contributed by atoms with van der Waals surface area (Å²) < 4.78 is 43.5. The Morgan fingerprint density at radius 3 is 2.29 bits per heavy atom. The van der Waals surface area contributed by atoms with Gasteiger partial charge in [-0.15, -0.1) is 0 Å². The van der Waals surface area contributed by atoms with Crippen LogP contribution in [0.3, 0.4) is 0 Å². The normalized spacial score (nSPS) is 18.5. The molecule has 0 saturated heterocycles. The zero-order chi connectivity index (χ0) is 36.8. The van der Waals surface area contributed by atoms with Crippen LogP contribution < -0.4 is 26.0 Å². The molecule has 0 spiro atoms. The van der Waals surface area contributed by atoms with Gasteiger partial charge in [-0.25, -0.2) is 4.79 Å². The van der Waals surface area contributed by atoms with Crippen LogP contribution in [0.1, 0.15) is 67.3 Å². The number of aromatic nitrogens is 3. The molecule has 1 heterocycles. The summed E-state index contributed by atoms with van der Waals surface area (Å²) >= 11 is 6.01. The molecule has 0 bridgehead atoms. The number of hydrogen-bond acceptors (Lipinski definition) is 11. The molecule has 14 nitrogen and oxygen atoms in total. The fourth-order valence-electron chi connectivity index (χ4n) is 5.56. The zero-order valence-electron chi connectivity index (χ0n) is 27.0. The average molecular weight is 734 g/mol. The van der Waals surface area contributed by atoms with Crippen LogP contribution in [-0.4, -0.2) is 79.7 Å². The number of carboxylic acids is 1. The minimum absolute atomic E-state index is 0.0448. The van der Waals surface area contributed by atoms with Gasteiger partial charge in [0.2, 0.25) is 17.7 Å². The number of carbonyl (C=O) groups excluding carboxylic acids is 3. The van der Waals surface area contributed by atoms with Gasteiger partial charge < -0.3 is 36.2 Å². The van der Waals surface area contributed by atoms with E-state index in [-0.39, 0.29) is 29.9 Å². The Bertz CT molecular complexity index is 1740. The summed E-state index contributed by atoms with van der Waals surface area (Å²) in [6, 6.07) is 10.3. The quantitative estimate of drug-likeness (QED) is 0.121. The van der Waals surface area contributed by atoms with Crippen molar-refractivity contribution in [3.63, 3.8) is 0 Å². The number of rotatable bonds is 15.